The van der Waals surface area contributed by atoms with Crippen molar-refractivity contribution in [1.29, 1.82) is 0 Å². The number of anilines is 2. The maximum atomic E-state index is 13.1. The lowest BCUT2D eigenvalue weighted by molar-refractivity contribution is -0.118. The number of imide groups is 1. The zero-order valence-electron chi connectivity index (χ0n) is 16.2. The summed E-state index contributed by atoms with van der Waals surface area (Å²) in [6.45, 7) is 0.186. The van der Waals surface area contributed by atoms with Gasteiger partial charge in [-0.1, -0.05) is 12.8 Å². The number of carbonyl (C=O) groups excluding carboxylic acids is 3. The van der Waals surface area contributed by atoms with Crippen molar-refractivity contribution in [3.8, 4) is 0 Å². The molecule has 3 amide bonds. The number of primary amides is 1. The zero-order valence-corrected chi connectivity index (χ0v) is 16.2. The minimum absolute atomic E-state index is 0.147. The van der Waals surface area contributed by atoms with Gasteiger partial charge in [-0.15, -0.1) is 0 Å². The Kier molecular flexibility index (Phi) is 4.19. The highest BCUT2D eigenvalue weighted by Crippen LogP contribution is 2.42. The SMILES string of the molecule is NC(=O)CCCN1C(=O)c2ccc3c4c(ccc(c24)C1=O)NC1CCCCC1N3. The van der Waals surface area contributed by atoms with Gasteiger partial charge in [0.2, 0.25) is 5.91 Å². The van der Waals surface area contributed by atoms with Crippen LogP contribution in [0.5, 0.6) is 0 Å². The number of nitrogens with zero attached hydrogens (tertiary/aromatic N) is 1. The van der Waals surface area contributed by atoms with E-state index in [2.05, 4.69) is 10.6 Å². The van der Waals surface area contributed by atoms with Gasteiger partial charge in [0, 0.05) is 58.3 Å². The largest absolute Gasteiger partial charge is 0.380 e. The van der Waals surface area contributed by atoms with Gasteiger partial charge in [-0.25, -0.2) is 0 Å². The van der Waals surface area contributed by atoms with Crippen LogP contribution in [0.4, 0.5) is 11.4 Å². The number of nitrogens with one attached hydrogen (secondary N) is 2. The maximum absolute atomic E-state index is 13.1. The van der Waals surface area contributed by atoms with Crippen LogP contribution in [0.25, 0.3) is 10.8 Å². The molecule has 4 N–H and O–H groups in total. The minimum atomic E-state index is -0.435. The quantitative estimate of drug-likeness (QED) is 0.694. The third kappa shape index (κ3) is 2.84. The molecule has 2 aliphatic heterocycles. The molecule has 2 heterocycles. The van der Waals surface area contributed by atoms with Gasteiger partial charge in [0.05, 0.1) is 0 Å². The summed E-state index contributed by atoms with van der Waals surface area (Å²) in [4.78, 5) is 38.5. The Morgan fingerprint density at radius 2 is 1.48 bits per heavy atom. The van der Waals surface area contributed by atoms with Gasteiger partial charge in [0.15, 0.2) is 0 Å². The van der Waals surface area contributed by atoms with Crippen LogP contribution in [-0.2, 0) is 4.79 Å². The molecule has 29 heavy (non-hydrogen) atoms. The van der Waals surface area contributed by atoms with Gasteiger partial charge in [-0.2, -0.15) is 0 Å². The van der Waals surface area contributed by atoms with E-state index in [1.54, 1.807) is 0 Å². The first kappa shape index (κ1) is 18.0. The summed E-state index contributed by atoms with van der Waals surface area (Å²) in [6.07, 6.45) is 5.13. The number of benzene rings is 2. The van der Waals surface area contributed by atoms with Crippen LogP contribution in [-0.4, -0.2) is 41.2 Å². The van der Waals surface area contributed by atoms with Crippen LogP contribution in [0, 0.1) is 0 Å². The second-order valence-electron chi connectivity index (χ2n) is 8.19. The number of nitrogens with two attached hydrogens (primary N) is 1. The molecular weight excluding hydrogens is 368 g/mol. The van der Waals surface area contributed by atoms with Crippen molar-refractivity contribution in [2.75, 3.05) is 17.2 Å². The molecule has 3 aliphatic rings. The summed E-state index contributed by atoms with van der Waals surface area (Å²) in [5.41, 5.74) is 8.22. The van der Waals surface area contributed by atoms with E-state index in [-0.39, 0.29) is 24.8 Å². The molecule has 2 atom stereocenters. The van der Waals surface area contributed by atoms with Gasteiger partial charge in [-0.05, 0) is 43.5 Å². The Labute approximate surface area is 168 Å². The van der Waals surface area contributed by atoms with Crippen molar-refractivity contribution in [3.05, 3.63) is 35.4 Å². The lowest BCUT2D eigenvalue weighted by atomic mass is 9.90. The summed E-state index contributed by atoms with van der Waals surface area (Å²) in [5.74, 6) is -1.05. The van der Waals surface area contributed by atoms with Gasteiger partial charge >= 0.3 is 0 Å². The van der Waals surface area contributed by atoms with Gasteiger partial charge in [0.25, 0.3) is 11.8 Å². The first-order valence-electron chi connectivity index (χ1n) is 10.3. The topological polar surface area (TPSA) is 105 Å². The van der Waals surface area contributed by atoms with Crippen LogP contribution >= 0.6 is 0 Å². The summed E-state index contributed by atoms with van der Waals surface area (Å²) < 4.78 is 0. The third-order valence-electron chi connectivity index (χ3n) is 6.36. The number of amides is 3. The zero-order chi connectivity index (χ0) is 20.1. The fourth-order valence-electron chi connectivity index (χ4n) is 4.97. The highest BCUT2D eigenvalue weighted by molar-refractivity contribution is 6.28. The van der Waals surface area contributed by atoms with E-state index >= 15 is 0 Å². The number of fused-ring (bicyclic) bond motifs is 1. The molecule has 7 nitrogen and oxygen atoms in total. The molecule has 0 bridgehead atoms. The molecule has 2 aromatic rings. The monoisotopic (exact) mass is 392 g/mol. The first-order valence-corrected chi connectivity index (χ1v) is 10.3. The Morgan fingerprint density at radius 3 is 2.00 bits per heavy atom. The Balaban J connectivity index is 1.59. The first-order chi connectivity index (χ1) is 14.0. The second kappa shape index (κ2) is 6.76. The molecule has 0 aromatic heterocycles. The molecule has 7 heteroatoms. The lowest BCUT2D eigenvalue weighted by Gasteiger charge is -2.32. The van der Waals surface area contributed by atoms with Crippen LogP contribution in [0.3, 0.4) is 0 Å². The van der Waals surface area contributed by atoms with Crippen molar-refractivity contribution >= 4 is 39.9 Å². The van der Waals surface area contributed by atoms with Gasteiger partial charge in [0.1, 0.15) is 0 Å². The smallest absolute Gasteiger partial charge is 0.261 e. The van der Waals surface area contributed by atoms with E-state index in [0.29, 0.717) is 29.6 Å². The van der Waals surface area contributed by atoms with E-state index in [1.165, 1.54) is 17.7 Å². The summed E-state index contributed by atoms with van der Waals surface area (Å²) in [5, 5.41) is 8.98. The number of carbonyl (C=O) groups is 3. The average Bonchev–Trinajstić information content (AvgIpc) is 2.87. The van der Waals surface area contributed by atoms with Crippen LogP contribution in [0.15, 0.2) is 24.3 Å². The van der Waals surface area contributed by atoms with E-state index in [4.69, 9.17) is 5.73 Å². The number of hydrogen-bond donors (Lipinski definition) is 3. The minimum Gasteiger partial charge on any atom is -0.380 e. The van der Waals surface area contributed by atoms with Gasteiger partial charge < -0.3 is 16.4 Å². The molecule has 0 spiro atoms. The predicted octanol–water partition coefficient (Wildman–Crippen LogP) is 2.85. The summed E-state index contributed by atoms with van der Waals surface area (Å²) >= 11 is 0. The Hall–Kier alpha value is -3.09. The van der Waals surface area contributed by atoms with Crippen molar-refractivity contribution in [3.63, 3.8) is 0 Å². The highest BCUT2D eigenvalue weighted by atomic mass is 16.2. The predicted molar refractivity (Wildman–Crippen MR) is 111 cm³/mol. The second-order valence-corrected chi connectivity index (χ2v) is 8.19. The van der Waals surface area contributed by atoms with Crippen molar-refractivity contribution in [2.45, 2.75) is 50.6 Å². The van der Waals surface area contributed by atoms with E-state index in [1.807, 2.05) is 24.3 Å². The van der Waals surface area contributed by atoms with Crippen LogP contribution < -0.4 is 16.4 Å². The third-order valence-corrected chi connectivity index (χ3v) is 6.36. The average molecular weight is 392 g/mol. The van der Waals surface area contributed by atoms with Crippen molar-refractivity contribution in [1.82, 2.24) is 4.90 Å². The van der Waals surface area contributed by atoms with Crippen LogP contribution in [0.1, 0.15) is 59.2 Å². The molecule has 1 aliphatic carbocycles. The molecular formula is C22H24N4O3. The molecule has 2 unspecified atom stereocenters. The van der Waals surface area contributed by atoms with Crippen molar-refractivity contribution in [2.24, 2.45) is 5.73 Å². The Bertz CT molecular complexity index is 979. The van der Waals surface area contributed by atoms with Crippen molar-refractivity contribution < 1.29 is 14.4 Å². The van der Waals surface area contributed by atoms with E-state index < -0.39 is 5.91 Å². The molecule has 1 saturated carbocycles. The highest BCUT2D eigenvalue weighted by Gasteiger charge is 2.36. The van der Waals surface area contributed by atoms with E-state index in [9.17, 15) is 14.4 Å². The normalized spacial score (nSPS) is 22.6. The standard InChI is InChI=1S/C22H24N4O3/c23-18(27)6-3-11-26-21(28)12-7-9-16-20-17(10-8-13(19(12)20)22(26)29)25-15-5-2-1-4-14(15)24-16/h7-10,14-15,24-25H,1-6,11H2,(H2,23,27). The fourth-order valence-corrected chi connectivity index (χ4v) is 4.97. The number of hydrogen-bond acceptors (Lipinski definition) is 5. The Morgan fingerprint density at radius 1 is 0.931 bits per heavy atom. The maximum Gasteiger partial charge on any atom is 0.261 e. The molecule has 150 valence electrons. The summed E-state index contributed by atoms with van der Waals surface area (Å²) in [7, 11) is 0. The van der Waals surface area contributed by atoms with E-state index in [0.717, 1.165) is 35.0 Å². The summed E-state index contributed by atoms with van der Waals surface area (Å²) in [6, 6.07) is 8.23. The number of rotatable bonds is 4. The molecule has 5 rings (SSSR count). The molecule has 0 saturated heterocycles. The van der Waals surface area contributed by atoms with Gasteiger partial charge in [-0.3, -0.25) is 19.3 Å². The fraction of sp³-hybridized carbons (Fsp3) is 0.409. The van der Waals surface area contributed by atoms with Crippen LogP contribution in [0.2, 0.25) is 0 Å². The lowest BCUT2D eigenvalue weighted by Crippen LogP contribution is -2.41. The molecule has 2 aromatic carbocycles. The molecule has 1 fully saturated rings. The molecule has 0 radical (unpaired) electrons.